The van der Waals surface area contributed by atoms with Crippen molar-refractivity contribution < 1.29 is 9.53 Å². The number of morpholine rings is 1. The molecule has 1 aromatic heterocycles. The van der Waals surface area contributed by atoms with Gasteiger partial charge in [0, 0.05) is 38.4 Å². The standard InChI is InChI=1S/C20H33N5O2/c1-16(2)17-15-18(23-20(22-17)25-9-4-3-5-10-25)19(26)21-7-6-8-24-11-13-27-14-12-24/h15-16H,3-14H2,1-2H3,(H,21,26). The molecule has 0 saturated carbocycles. The number of anilines is 1. The van der Waals surface area contributed by atoms with Gasteiger partial charge in [0.1, 0.15) is 5.69 Å². The lowest BCUT2D eigenvalue weighted by atomic mass is 10.1. The lowest BCUT2D eigenvalue weighted by molar-refractivity contribution is 0.0374. The molecular weight excluding hydrogens is 342 g/mol. The maximum atomic E-state index is 12.7. The molecule has 2 fully saturated rings. The molecule has 0 unspecified atom stereocenters. The van der Waals surface area contributed by atoms with Crippen molar-refractivity contribution in [2.75, 3.05) is 57.4 Å². The van der Waals surface area contributed by atoms with Gasteiger partial charge < -0.3 is 15.0 Å². The summed E-state index contributed by atoms with van der Waals surface area (Å²) in [5.41, 5.74) is 1.42. The van der Waals surface area contributed by atoms with Crippen molar-refractivity contribution in [1.82, 2.24) is 20.2 Å². The molecule has 0 aliphatic carbocycles. The third kappa shape index (κ3) is 5.87. The molecule has 1 N–H and O–H groups in total. The van der Waals surface area contributed by atoms with E-state index in [9.17, 15) is 4.79 Å². The molecular formula is C20H33N5O2. The lowest BCUT2D eigenvalue weighted by Crippen LogP contribution is -2.38. The average molecular weight is 376 g/mol. The van der Waals surface area contributed by atoms with Gasteiger partial charge in [0.2, 0.25) is 5.95 Å². The first-order valence-corrected chi connectivity index (χ1v) is 10.4. The summed E-state index contributed by atoms with van der Waals surface area (Å²) in [4.78, 5) is 26.5. The summed E-state index contributed by atoms with van der Waals surface area (Å²) in [6, 6.07) is 1.84. The van der Waals surface area contributed by atoms with Gasteiger partial charge in [-0.2, -0.15) is 0 Å². The second kappa shape index (κ2) is 9.99. The summed E-state index contributed by atoms with van der Waals surface area (Å²) in [6.07, 6.45) is 4.53. The number of aromatic nitrogens is 2. The van der Waals surface area contributed by atoms with Crippen LogP contribution in [-0.4, -0.2) is 73.3 Å². The number of nitrogens with zero attached hydrogens (tertiary/aromatic N) is 4. The van der Waals surface area contributed by atoms with E-state index in [4.69, 9.17) is 9.72 Å². The van der Waals surface area contributed by atoms with E-state index in [1.54, 1.807) is 0 Å². The second-order valence-electron chi connectivity index (χ2n) is 7.74. The fraction of sp³-hybridized carbons (Fsp3) is 0.750. The van der Waals surface area contributed by atoms with Crippen LogP contribution in [0, 0.1) is 0 Å². The van der Waals surface area contributed by atoms with E-state index < -0.39 is 0 Å². The molecule has 150 valence electrons. The minimum atomic E-state index is -0.0977. The number of carbonyl (C=O) groups is 1. The Morgan fingerprint density at radius 2 is 1.89 bits per heavy atom. The van der Waals surface area contributed by atoms with E-state index in [1.165, 1.54) is 19.3 Å². The Kier molecular flexibility index (Phi) is 7.41. The van der Waals surface area contributed by atoms with Crippen molar-refractivity contribution in [3.8, 4) is 0 Å². The minimum Gasteiger partial charge on any atom is -0.379 e. The molecule has 2 aliphatic rings. The molecule has 2 aliphatic heterocycles. The molecule has 2 saturated heterocycles. The van der Waals surface area contributed by atoms with Crippen LogP contribution in [0.4, 0.5) is 5.95 Å². The summed E-state index contributed by atoms with van der Waals surface area (Å²) in [7, 11) is 0. The molecule has 0 aromatic carbocycles. The summed E-state index contributed by atoms with van der Waals surface area (Å²) >= 11 is 0. The Labute approximate surface area is 162 Å². The second-order valence-corrected chi connectivity index (χ2v) is 7.74. The van der Waals surface area contributed by atoms with E-state index in [0.717, 1.165) is 58.1 Å². The largest absolute Gasteiger partial charge is 0.379 e. The highest BCUT2D eigenvalue weighted by Gasteiger charge is 2.19. The zero-order valence-corrected chi connectivity index (χ0v) is 16.7. The summed E-state index contributed by atoms with van der Waals surface area (Å²) in [5.74, 6) is 0.878. The maximum Gasteiger partial charge on any atom is 0.270 e. The molecule has 7 heteroatoms. The average Bonchev–Trinajstić information content (AvgIpc) is 2.72. The highest BCUT2D eigenvalue weighted by Crippen LogP contribution is 2.20. The van der Waals surface area contributed by atoms with Gasteiger partial charge in [0.05, 0.1) is 13.2 Å². The summed E-state index contributed by atoms with van der Waals surface area (Å²) < 4.78 is 5.36. The van der Waals surface area contributed by atoms with Crippen LogP contribution >= 0.6 is 0 Å². The molecule has 27 heavy (non-hydrogen) atoms. The first kappa shape index (κ1) is 20.0. The maximum absolute atomic E-state index is 12.7. The van der Waals surface area contributed by atoms with Gasteiger partial charge in [-0.1, -0.05) is 13.8 Å². The van der Waals surface area contributed by atoms with E-state index >= 15 is 0 Å². The number of hydrogen-bond donors (Lipinski definition) is 1. The molecule has 0 atom stereocenters. The molecule has 3 heterocycles. The normalized spacial score (nSPS) is 18.7. The van der Waals surface area contributed by atoms with Gasteiger partial charge in [-0.05, 0) is 44.2 Å². The third-order valence-electron chi connectivity index (χ3n) is 5.24. The topological polar surface area (TPSA) is 70.6 Å². The highest BCUT2D eigenvalue weighted by atomic mass is 16.5. The van der Waals surface area contributed by atoms with Gasteiger partial charge in [-0.25, -0.2) is 9.97 Å². The van der Waals surface area contributed by atoms with Crippen molar-refractivity contribution in [1.29, 1.82) is 0 Å². The number of carbonyl (C=O) groups excluding carboxylic acids is 1. The van der Waals surface area contributed by atoms with Gasteiger partial charge in [0.25, 0.3) is 5.91 Å². The SMILES string of the molecule is CC(C)c1cc(C(=O)NCCCN2CCOCC2)nc(N2CCCCC2)n1. The quantitative estimate of drug-likeness (QED) is 0.736. The smallest absolute Gasteiger partial charge is 0.270 e. The van der Waals surface area contributed by atoms with Crippen molar-refractivity contribution in [2.24, 2.45) is 0 Å². The van der Waals surface area contributed by atoms with Gasteiger partial charge in [-0.15, -0.1) is 0 Å². The Morgan fingerprint density at radius 3 is 2.59 bits per heavy atom. The number of rotatable bonds is 7. The number of amides is 1. The first-order chi connectivity index (χ1) is 13.1. The summed E-state index contributed by atoms with van der Waals surface area (Å²) in [6.45, 7) is 11.4. The lowest BCUT2D eigenvalue weighted by Gasteiger charge is -2.27. The molecule has 3 rings (SSSR count). The molecule has 0 spiro atoms. The fourth-order valence-corrected chi connectivity index (χ4v) is 3.52. The van der Waals surface area contributed by atoms with E-state index in [0.29, 0.717) is 18.2 Å². The van der Waals surface area contributed by atoms with Crippen LogP contribution < -0.4 is 10.2 Å². The van der Waals surface area contributed by atoms with Crippen LogP contribution in [0.15, 0.2) is 6.07 Å². The van der Waals surface area contributed by atoms with Crippen molar-refractivity contribution in [2.45, 2.75) is 45.4 Å². The minimum absolute atomic E-state index is 0.0977. The number of ether oxygens (including phenoxy) is 1. The molecule has 0 radical (unpaired) electrons. The summed E-state index contributed by atoms with van der Waals surface area (Å²) in [5, 5.41) is 3.03. The number of piperidine rings is 1. The first-order valence-electron chi connectivity index (χ1n) is 10.4. The molecule has 0 bridgehead atoms. The van der Waals surface area contributed by atoms with E-state index in [1.807, 2.05) is 6.07 Å². The molecule has 1 aromatic rings. The van der Waals surface area contributed by atoms with Crippen molar-refractivity contribution >= 4 is 11.9 Å². The van der Waals surface area contributed by atoms with Crippen LogP contribution in [0.1, 0.15) is 61.6 Å². The monoisotopic (exact) mass is 375 g/mol. The predicted octanol–water partition coefficient (Wildman–Crippen LogP) is 2.04. The Hall–Kier alpha value is -1.73. The van der Waals surface area contributed by atoms with E-state index in [-0.39, 0.29) is 11.8 Å². The van der Waals surface area contributed by atoms with Crippen LogP contribution in [0.5, 0.6) is 0 Å². The number of hydrogen-bond acceptors (Lipinski definition) is 6. The van der Waals surface area contributed by atoms with E-state index in [2.05, 4.69) is 33.9 Å². The Bertz CT molecular complexity index is 610. The van der Waals surface area contributed by atoms with Crippen LogP contribution in [0.25, 0.3) is 0 Å². The highest BCUT2D eigenvalue weighted by molar-refractivity contribution is 5.92. The molecule has 1 amide bonds. The van der Waals surface area contributed by atoms with Gasteiger partial charge in [0.15, 0.2) is 0 Å². The van der Waals surface area contributed by atoms with Crippen LogP contribution in [-0.2, 0) is 4.74 Å². The van der Waals surface area contributed by atoms with Crippen molar-refractivity contribution in [3.63, 3.8) is 0 Å². The van der Waals surface area contributed by atoms with Gasteiger partial charge >= 0.3 is 0 Å². The number of nitrogens with one attached hydrogen (secondary N) is 1. The van der Waals surface area contributed by atoms with Crippen LogP contribution in [0.2, 0.25) is 0 Å². The zero-order chi connectivity index (χ0) is 19.1. The zero-order valence-electron chi connectivity index (χ0n) is 16.7. The third-order valence-corrected chi connectivity index (χ3v) is 5.24. The molecule has 7 nitrogen and oxygen atoms in total. The predicted molar refractivity (Wildman–Crippen MR) is 106 cm³/mol. The fourth-order valence-electron chi connectivity index (χ4n) is 3.52. The Morgan fingerprint density at radius 1 is 1.15 bits per heavy atom. The van der Waals surface area contributed by atoms with Gasteiger partial charge in [-0.3, -0.25) is 9.69 Å². The van der Waals surface area contributed by atoms with Crippen molar-refractivity contribution in [3.05, 3.63) is 17.5 Å². The Balaban J connectivity index is 1.58. The van der Waals surface area contributed by atoms with Crippen LogP contribution in [0.3, 0.4) is 0 Å².